The number of halogens is 1. The monoisotopic (exact) mass is 430 g/mol. The number of hydrogen-bond acceptors (Lipinski definition) is 5. The van der Waals surface area contributed by atoms with Gasteiger partial charge in [-0.15, -0.1) is 11.3 Å². The van der Waals surface area contributed by atoms with E-state index < -0.39 is 15.9 Å². The molecule has 0 atom stereocenters. The van der Waals surface area contributed by atoms with Crippen molar-refractivity contribution < 1.29 is 17.9 Å². The van der Waals surface area contributed by atoms with Crippen molar-refractivity contribution >= 4 is 48.9 Å². The summed E-state index contributed by atoms with van der Waals surface area (Å²) in [7, 11) is -3.70. The fourth-order valence-electron chi connectivity index (χ4n) is 2.31. The number of benzene rings is 1. The molecule has 1 fully saturated rings. The van der Waals surface area contributed by atoms with Gasteiger partial charge in [-0.1, -0.05) is 15.9 Å². The Hall–Kier alpha value is -1.26. The van der Waals surface area contributed by atoms with E-state index in [4.69, 9.17) is 4.74 Å². The summed E-state index contributed by atoms with van der Waals surface area (Å²) in [6.07, 6.45) is 0. The SMILES string of the molecule is O=C(Nc1ccc(Br)cc1)c1sccc1S(=O)(=O)N1CCOCC1. The summed E-state index contributed by atoms with van der Waals surface area (Å²) in [6.45, 7) is 1.32. The van der Waals surface area contributed by atoms with Crippen LogP contribution in [0.4, 0.5) is 5.69 Å². The van der Waals surface area contributed by atoms with Gasteiger partial charge in [-0.3, -0.25) is 4.79 Å². The zero-order valence-electron chi connectivity index (χ0n) is 12.6. The van der Waals surface area contributed by atoms with Crippen molar-refractivity contribution in [2.24, 2.45) is 0 Å². The van der Waals surface area contributed by atoms with Crippen LogP contribution in [0.3, 0.4) is 0 Å². The number of sulfonamides is 1. The molecule has 1 aliphatic heterocycles. The van der Waals surface area contributed by atoms with Crippen LogP contribution in [-0.2, 0) is 14.8 Å². The second kappa shape index (κ2) is 7.32. The third-order valence-corrected chi connectivity index (χ3v) is 7.04. The zero-order valence-corrected chi connectivity index (χ0v) is 15.8. The minimum atomic E-state index is -3.70. The van der Waals surface area contributed by atoms with E-state index >= 15 is 0 Å². The summed E-state index contributed by atoms with van der Waals surface area (Å²) in [6, 6.07) is 8.56. The fraction of sp³-hybridized carbons (Fsp3) is 0.267. The molecule has 0 radical (unpaired) electrons. The first-order valence-corrected chi connectivity index (χ1v) is 10.3. The van der Waals surface area contributed by atoms with Gasteiger partial charge in [0.2, 0.25) is 10.0 Å². The van der Waals surface area contributed by atoms with E-state index in [0.29, 0.717) is 32.0 Å². The highest BCUT2D eigenvalue weighted by molar-refractivity contribution is 9.10. The molecule has 0 unspecified atom stereocenters. The molecule has 1 aliphatic rings. The lowest BCUT2D eigenvalue weighted by molar-refractivity contribution is 0.0730. The summed E-state index contributed by atoms with van der Waals surface area (Å²) in [5.41, 5.74) is 0.603. The molecule has 1 aromatic heterocycles. The first-order chi connectivity index (χ1) is 11.5. The van der Waals surface area contributed by atoms with Gasteiger partial charge in [0.25, 0.3) is 5.91 Å². The Kier molecular flexibility index (Phi) is 5.36. The Morgan fingerprint density at radius 2 is 1.83 bits per heavy atom. The van der Waals surface area contributed by atoms with Crippen LogP contribution in [0.5, 0.6) is 0 Å². The summed E-state index contributed by atoms with van der Waals surface area (Å²) in [4.78, 5) is 12.7. The first-order valence-electron chi connectivity index (χ1n) is 7.21. The second-order valence-electron chi connectivity index (χ2n) is 5.09. The van der Waals surface area contributed by atoms with Crippen molar-refractivity contribution in [3.05, 3.63) is 45.1 Å². The predicted octanol–water partition coefficient (Wildman–Crippen LogP) is 2.78. The van der Waals surface area contributed by atoms with E-state index in [0.717, 1.165) is 15.8 Å². The Morgan fingerprint density at radius 1 is 1.17 bits per heavy atom. The maximum atomic E-state index is 12.8. The van der Waals surface area contributed by atoms with Gasteiger partial charge in [0.1, 0.15) is 9.77 Å². The summed E-state index contributed by atoms with van der Waals surface area (Å²) < 4.78 is 33.0. The molecule has 1 N–H and O–H groups in total. The molecular weight excluding hydrogens is 416 g/mol. The normalized spacial score (nSPS) is 16.0. The van der Waals surface area contributed by atoms with Crippen molar-refractivity contribution in [1.29, 1.82) is 0 Å². The van der Waals surface area contributed by atoms with Crippen LogP contribution in [-0.4, -0.2) is 44.9 Å². The van der Waals surface area contributed by atoms with Crippen LogP contribution in [0.1, 0.15) is 9.67 Å². The molecule has 0 aliphatic carbocycles. The Balaban J connectivity index is 1.84. The number of nitrogens with one attached hydrogen (secondary N) is 1. The second-order valence-corrected chi connectivity index (χ2v) is 8.83. The highest BCUT2D eigenvalue weighted by Crippen LogP contribution is 2.27. The Morgan fingerprint density at radius 3 is 2.50 bits per heavy atom. The van der Waals surface area contributed by atoms with Crippen molar-refractivity contribution in [3.8, 4) is 0 Å². The lowest BCUT2D eigenvalue weighted by Crippen LogP contribution is -2.41. The highest BCUT2D eigenvalue weighted by atomic mass is 79.9. The molecule has 1 aromatic carbocycles. The third-order valence-electron chi connectivity index (χ3n) is 3.53. The lowest BCUT2D eigenvalue weighted by atomic mass is 10.3. The average molecular weight is 431 g/mol. The first kappa shape index (κ1) is 17.6. The number of thiophene rings is 1. The molecule has 3 rings (SSSR count). The standard InChI is InChI=1S/C15H15BrN2O4S2/c16-11-1-3-12(4-2-11)17-15(19)14-13(5-10-23-14)24(20,21)18-6-8-22-9-7-18/h1-5,10H,6-9H2,(H,17,19). The molecule has 128 valence electrons. The van der Waals surface area contributed by atoms with Crippen molar-refractivity contribution in [2.45, 2.75) is 4.90 Å². The number of ether oxygens (including phenoxy) is 1. The number of amides is 1. The van der Waals surface area contributed by atoms with Crippen LogP contribution in [0.2, 0.25) is 0 Å². The summed E-state index contributed by atoms with van der Waals surface area (Å²) in [5, 5.41) is 4.34. The van der Waals surface area contributed by atoms with Gasteiger partial charge in [-0.05, 0) is 35.7 Å². The minimum absolute atomic E-state index is 0.0454. The quantitative estimate of drug-likeness (QED) is 0.808. The van der Waals surface area contributed by atoms with Crippen molar-refractivity contribution in [3.63, 3.8) is 0 Å². The van der Waals surface area contributed by atoms with Gasteiger partial charge in [0, 0.05) is 23.2 Å². The zero-order chi connectivity index (χ0) is 17.2. The van der Waals surface area contributed by atoms with Crippen LogP contribution >= 0.6 is 27.3 Å². The fourth-order valence-corrected chi connectivity index (χ4v) is 5.28. The number of nitrogens with zero attached hydrogens (tertiary/aromatic N) is 1. The Labute approximate surface area is 152 Å². The lowest BCUT2D eigenvalue weighted by Gasteiger charge is -2.26. The minimum Gasteiger partial charge on any atom is -0.379 e. The van der Waals surface area contributed by atoms with Gasteiger partial charge in [0.05, 0.1) is 13.2 Å². The third kappa shape index (κ3) is 3.70. The van der Waals surface area contributed by atoms with E-state index in [-0.39, 0.29) is 9.77 Å². The smallest absolute Gasteiger partial charge is 0.267 e. The number of morpholine rings is 1. The number of hydrogen-bond donors (Lipinski definition) is 1. The van der Waals surface area contributed by atoms with Crippen LogP contribution in [0, 0.1) is 0 Å². The van der Waals surface area contributed by atoms with Crippen molar-refractivity contribution in [2.75, 3.05) is 31.6 Å². The molecule has 24 heavy (non-hydrogen) atoms. The van der Waals surface area contributed by atoms with Crippen molar-refractivity contribution in [1.82, 2.24) is 4.31 Å². The molecular formula is C15H15BrN2O4S2. The molecule has 9 heteroatoms. The largest absolute Gasteiger partial charge is 0.379 e. The number of carbonyl (C=O) groups is 1. The van der Waals surface area contributed by atoms with E-state index in [9.17, 15) is 13.2 Å². The summed E-state index contributed by atoms with van der Waals surface area (Å²) in [5.74, 6) is -0.431. The number of rotatable bonds is 4. The van der Waals surface area contributed by atoms with E-state index in [2.05, 4.69) is 21.2 Å². The van der Waals surface area contributed by atoms with Gasteiger partial charge >= 0.3 is 0 Å². The maximum absolute atomic E-state index is 12.8. The average Bonchev–Trinajstić information content (AvgIpc) is 3.08. The molecule has 0 spiro atoms. The van der Waals surface area contributed by atoms with Gasteiger partial charge in [-0.25, -0.2) is 8.42 Å². The molecule has 1 saturated heterocycles. The van der Waals surface area contributed by atoms with Crippen LogP contribution in [0.15, 0.2) is 45.1 Å². The molecule has 2 aromatic rings. The highest BCUT2D eigenvalue weighted by Gasteiger charge is 2.31. The molecule has 1 amide bonds. The maximum Gasteiger partial charge on any atom is 0.267 e. The van der Waals surface area contributed by atoms with Crippen LogP contribution < -0.4 is 5.32 Å². The number of carbonyl (C=O) groups excluding carboxylic acids is 1. The Bertz CT molecular complexity index is 827. The van der Waals surface area contributed by atoms with E-state index in [1.165, 1.54) is 10.4 Å². The van der Waals surface area contributed by atoms with Gasteiger partial charge in [-0.2, -0.15) is 4.31 Å². The molecule has 0 saturated carbocycles. The topological polar surface area (TPSA) is 75.7 Å². The van der Waals surface area contributed by atoms with Crippen LogP contribution in [0.25, 0.3) is 0 Å². The molecule has 0 bridgehead atoms. The van der Waals surface area contributed by atoms with E-state index in [1.807, 2.05) is 0 Å². The van der Waals surface area contributed by atoms with Gasteiger partial charge in [0.15, 0.2) is 0 Å². The van der Waals surface area contributed by atoms with Gasteiger partial charge < -0.3 is 10.1 Å². The molecule has 6 nitrogen and oxygen atoms in total. The number of anilines is 1. The molecule has 2 heterocycles. The van der Waals surface area contributed by atoms with E-state index in [1.54, 1.807) is 29.6 Å². The summed E-state index contributed by atoms with van der Waals surface area (Å²) >= 11 is 4.44. The predicted molar refractivity (Wildman–Crippen MR) is 96.0 cm³/mol.